The van der Waals surface area contributed by atoms with Crippen LogP contribution in [0.5, 0.6) is 0 Å². The summed E-state index contributed by atoms with van der Waals surface area (Å²) in [5.41, 5.74) is 3.07. The third kappa shape index (κ3) is 3.42. The van der Waals surface area contributed by atoms with Gasteiger partial charge in [0.2, 0.25) is 0 Å². The van der Waals surface area contributed by atoms with Crippen LogP contribution in [0.4, 0.5) is 0 Å². The molecule has 0 bridgehead atoms. The van der Waals surface area contributed by atoms with Crippen LogP contribution in [0.15, 0.2) is 0 Å². The monoisotopic (exact) mass is 256 g/mol. The molecular formula is C13H28N4O. The molecule has 3 N–H and O–H groups in total. The summed E-state index contributed by atoms with van der Waals surface area (Å²) in [7, 11) is 4.43. The number of rotatable bonds is 3. The second-order valence-corrected chi connectivity index (χ2v) is 5.83. The molecule has 106 valence electrons. The Morgan fingerprint density at radius 2 is 2.11 bits per heavy atom. The Balaban J connectivity index is 2.03. The number of hydrogen-bond acceptors (Lipinski definition) is 5. The van der Waals surface area contributed by atoms with E-state index in [1.807, 2.05) is 0 Å². The van der Waals surface area contributed by atoms with E-state index in [0.717, 1.165) is 32.7 Å². The first kappa shape index (κ1) is 14.2. The minimum absolute atomic E-state index is 0.329. The number of hydrazine groups is 1. The summed E-state index contributed by atoms with van der Waals surface area (Å²) in [4.78, 5) is 4.88. The van der Waals surface area contributed by atoms with E-state index in [1.54, 1.807) is 0 Å². The lowest BCUT2D eigenvalue weighted by Crippen LogP contribution is -2.58. The molecule has 0 aromatic carbocycles. The molecule has 0 aromatic rings. The van der Waals surface area contributed by atoms with Crippen molar-refractivity contribution in [2.75, 3.05) is 46.9 Å². The summed E-state index contributed by atoms with van der Waals surface area (Å²) in [6.45, 7) is 5.18. The fraction of sp³-hybridized carbons (Fsp3) is 1.00. The van der Waals surface area contributed by atoms with Crippen molar-refractivity contribution < 1.29 is 4.74 Å². The van der Waals surface area contributed by atoms with Crippen LogP contribution in [0.3, 0.4) is 0 Å². The summed E-state index contributed by atoms with van der Waals surface area (Å²) in [5.74, 6) is 6.39. The number of nitrogens with one attached hydrogen (secondary N) is 1. The van der Waals surface area contributed by atoms with E-state index in [0.29, 0.717) is 18.0 Å². The molecule has 2 rings (SSSR count). The molecule has 0 aliphatic carbocycles. The molecule has 5 nitrogen and oxygen atoms in total. The van der Waals surface area contributed by atoms with Crippen molar-refractivity contribution >= 4 is 0 Å². The van der Waals surface area contributed by atoms with Gasteiger partial charge in [0.1, 0.15) is 0 Å². The molecule has 5 heteroatoms. The van der Waals surface area contributed by atoms with Gasteiger partial charge >= 0.3 is 0 Å². The van der Waals surface area contributed by atoms with Gasteiger partial charge in [-0.2, -0.15) is 0 Å². The Morgan fingerprint density at radius 3 is 2.78 bits per heavy atom. The molecule has 0 radical (unpaired) electrons. The molecule has 2 fully saturated rings. The summed E-state index contributed by atoms with van der Waals surface area (Å²) in [6.07, 6.45) is 3.62. The second-order valence-electron chi connectivity index (χ2n) is 5.83. The Morgan fingerprint density at radius 1 is 1.28 bits per heavy atom. The Hall–Kier alpha value is -0.200. The maximum absolute atomic E-state index is 5.84. The third-order valence-electron chi connectivity index (χ3n) is 4.43. The van der Waals surface area contributed by atoms with Crippen LogP contribution in [-0.4, -0.2) is 68.8 Å². The minimum atomic E-state index is 0.329. The van der Waals surface area contributed by atoms with Crippen LogP contribution in [0.25, 0.3) is 0 Å². The lowest BCUT2D eigenvalue weighted by molar-refractivity contribution is 0.0193. The highest BCUT2D eigenvalue weighted by atomic mass is 16.5. The Kier molecular flexibility index (Phi) is 5.38. The van der Waals surface area contributed by atoms with Crippen LogP contribution in [0, 0.1) is 5.92 Å². The van der Waals surface area contributed by atoms with Gasteiger partial charge in [-0.15, -0.1) is 0 Å². The SMILES string of the molecule is CN1CCCN(C)C(C(NN)C2CCCOC2)C1. The smallest absolute Gasteiger partial charge is 0.0510 e. The van der Waals surface area contributed by atoms with Crippen LogP contribution in [0.1, 0.15) is 19.3 Å². The quantitative estimate of drug-likeness (QED) is 0.545. The van der Waals surface area contributed by atoms with Crippen molar-refractivity contribution in [3.05, 3.63) is 0 Å². The Bertz CT molecular complexity index is 245. The van der Waals surface area contributed by atoms with Crippen molar-refractivity contribution in [3.63, 3.8) is 0 Å². The molecule has 0 amide bonds. The van der Waals surface area contributed by atoms with E-state index in [4.69, 9.17) is 10.6 Å². The van der Waals surface area contributed by atoms with E-state index in [-0.39, 0.29) is 0 Å². The number of nitrogens with two attached hydrogens (primary N) is 1. The van der Waals surface area contributed by atoms with E-state index in [1.165, 1.54) is 19.4 Å². The fourth-order valence-electron chi connectivity index (χ4n) is 3.30. The average Bonchev–Trinajstić information content (AvgIpc) is 2.54. The van der Waals surface area contributed by atoms with Gasteiger partial charge in [-0.3, -0.25) is 11.3 Å². The molecule has 2 saturated heterocycles. The maximum Gasteiger partial charge on any atom is 0.0510 e. The summed E-state index contributed by atoms with van der Waals surface area (Å²) in [6, 6.07) is 0.810. The first-order valence-corrected chi connectivity index (χ1v) is 7.15. The van der Waals surface area contributed by atoms with Gasteiger partial charge in [0, 0.05) is 31.2 Å². The van der Waals surface area contributed by atoms with Gasteiger partial charge in [-0.1, -0.05) is 0 Å². The predicted octanol–water partition coefficient (Wildman–Crippen LogP) is -0.119. The molecule has 2 aliphatic rings. The van der Waals surface area contributed by atoms with Crippen LogP contribution in [-0.2, 0) is 4.74 Å². The zero-order valence-electron chi connectivity index (χ0n) is 11.8. The van der Waals surface area contributed by atoms with Crippen LogP contribution in [0.2, 0.25) is 0 Å². The molecule has 2 aliphatic heterocycles. The zero-order chi connectivity index (χ0) is 13.0. The highest BCUT2D eigenvalue weighted by Gasteiger charge is 2.34. The fourth-order valence-corrected chi connectivity index (χ4v) is 3.30. The van der Waals surface area contributed by atoms with Gasteiger partial charge in [0.25, 0.3) is 0 Å². The van der Waals surface area contributed by atoms with E-state index >= 15 is 0 Å². The predicted molar refractivity (Wildman–Crippen MR) is 73.2 cm³/mol. The van der Waals surface area contributed by atoms with Crippen molar-refractivity contribution in [1.29, 1.82) is 0 Å². The molecule has 0 saturated carbocycles. The summed E-state index contributed by atoms with van der Waals surface area (Å²) in [5, 5.41) is 0. The lowest BCUT2D eigenvalue weighted by Gasteiger charge is -2.39. The molecular weight excluding hydrogens is 228 g/mol. The molecule has 0 spiro atoms. The van der Waals surface area contributed by atoms with Crippen molar-refractivity contribution in [1.82, 2.24) is 15.2 Å². The number of likely N-dealkylation sites (N-methyl/N-ethyl adjacent to an activating group) is 2. The van der Waals surface area contributed by atoms with Crippen molar-refractivity contribution in [2.45, 2.75) is 31.3 Å². The lowest BCUT2D eigenvalue weighted by atomic mass is 9.88. The molecule has 18 heavy (non-hydrogen) atoms. The zero-order valence-corrected chi connectivity index (χ0v) is 11.8. The van der Waals surface area contributed by atoms with Crippen molar-refractivity contribution in [2.24, 2.45) is 11.8 Å². The molecule has 2 heterocycles. The minimum Gasteiger partial charge on any atom is -0.381 e. The normalized spacial score (nSPS) is 34.2. The highest BCUT2D eigenvalue weighted by Crippen LogP contribution is 2.22. The number of nitrogens with zero attached hydrogens (tertiary/aromatic N) is 2. The number of ether oxygens (including phenoxy) is 1. The first-order valence-electron chi connectivity index (χ1n) is 7.15. The maximum atomic E-state index is 5.84. The summed E-state index contributed by atoms with van der Waals surface area (Å²) < 4.78 is 5.62. The van der Waals surface area contributed by atoms with Gasteiger partial charge in [0.15, 0.2) is 0 Å². The van der Waals surface area contributed by atoms with Gasteiger partial charge in [-0.25, -0.2) is 0 Å². The topological polar surface area (TPSA) is 53.8 Å². The molecule has 3 unspecified atom stereocenters. The van der Waals surface area contributed by atoms with Gasteiger partial charge in [-0.05, 0) is 46.4 Å². The van der Waals surface area contributed by atoms with E-state index < -0.39 is 0 Å². The molecule has 3 atom stereocenters. The van der Waals surface area contributed by atoms with Gasteiger partial charge < -0.3 is 14.5 Å². The van der Waals surface area contributed by atoms with Crippen LogP contribution >= 0.6 is 0 Å². The summed E-state index contributed by atoms with van der Waals surface area (Å²) >= 11 is 0. The average molecular weight is 256 g/mol. The van der Waals surface area contributed by atoms with Crippen molar-refractivity contribution in [3.8, 4) is 0 Å². The third-order valence-corrected chi connectivity index (χ3v) is 4.43. The number of hydrogen-bond donors (Lipinski definition) is 2. The van der Waals surface area contributed by atoms with Gasteiger partial charge in [0.05, 0.1) is 6.61 Å². The first-order chi connectivity index (χ1) is 8.72. The molecule has 0 aromatic heterocycles. The second kappa shape index (κ2) is 6.82. The Labute approximate surface area is 111 Å². The van der Waals surface area contributed by atoms with Crippen LogP contribution < -0.4 is 11.3 Å². The largest absolute Gasteiger partial charge is 0.381 e. The highest BCUT2D eigenvalue weighted by molar-refractivity contribution is 4.91. The standard InChI is InChI=1S/C13H28N4O/c1-16-6-4-7-17(2)12(9-16)13(15-14)11-5-3-8-18-10-11/h11-13,15H,3-10,14H2,1-2H3. The van der Waals surface area contributed by atoms with E-state index in [2.05, 4.69) is 29.3 Å². The van der Waals surface area contributed by atoms with E-state index in [9.17, 15) is 0 Å².